The van der Waals surface area contributed by atoms with Crippen LogP contribution < -0.4 is 0 Å². The van der Waals surface area contributed by atoms with Gasteiger partial charge < -0.3 is 0 Å². The molecule has 0 radical (unpaired) electrons. The van der Waals surface area contributed by atoms with E-state index in [4.69, 9.17) is 0 Å². The third kappa shape index (κ3) is 6.35. The highest BCUT2D eigenvalue weighted by molar-refractivity contribution is 6.19. The number of allylic oxidation sites excluding steroid dienone is 2. The molecular weight excluding hydrogens is 392 g/mol. The minimum Gasteiger partial charge on any atom is -0.298 e. The first-order valence-electron chi connectivity index (χ1n) is 13.8. The first-order valence-corrected chi connectivity index (χ1v) is 13.8. The first kappa shape index (κ1) is 27.3. The second-order valence-electron chi connectivity index (χ2n) is 12.6. The zero-order valence-corrected chi connectivity index (χ0v) is 22.6. The van der Waals surface area contributed by atoms with Crippen LogP contribution in [0.1, 0.15) is 126 Å². The summed E-state index contributed by atoms with van der Waals surface area (Å²) in [6, 6.07) is 0. The predicted octanol–water partition coefficient (Wildman–Crippen LogP) is 8.58. The van der Waals surface area contributed by atoms with Gasteiger partial charge in [0.1, 0.15) is 0 Å². The fraction of sp³-hybridized carbons (Fsp3) is 0.867. The number of carbonyl (C=O) groups excluding carboxylic acids is 2. The van der Waals surface area contributed by atoms with Gasteiger partial charge >= 0.3 is 0 Å². The molecule has 0 N–H and O–H groups in total. The summed E-state index contributed by atoms with van der Waals surface area (Å²) in [5.41, 5.74) is 1.61. The van der Waals surface area contributed by atoms with E-state index in [0.717, 1.165) is 69.8 Å². The van der Waals surface area contributed by atoms with Crippen LogP contribution in [0.2, 0.25) is 0 Å². The van der Waals surface area contributed by atoms with Crippen molar-refractivity contribution in [3.8, 4) is 0 Å². The Kier molecular flexibility index (Phi) is 10.2. The highest BCUT2D eigenvalue weighted by Gasteiger charge is 2.59. The molecule has 2 aliphatic rings. The first-order chi connectivity index (χ1) is 15.0. The topological polar surface area (TPSA) is 34.1 Å². The summed E-state index contributed by atoms with van der Waals surface area (Å²) in [5, 5.41) is 0. The third-order valence-corrected chi connectivity index (χ3v) is 8.16. The third-order valence-electron chi connectivity index (χ3n) is 8.16. The Morgan fingerprint density at radius 3 is 1.88 bits per heavy atom. The average Bonchev–Trinajstić information content (AvgIpc) is 2.68. The molecule has 32 heavy (non-hydrogen) atoms. The molecule has 2 bridgehead atoms. The molecule has 0 aromatic heterocycles. The lowest BCUT2D eigenvalue weighted by Gasteiger charge is -2.50. The van der Waals surface area contributed by atoms with Crippen LogP contribution in [-0.4, -0.2) is 11.6 Å². The van der Waals surface area contributed by atoms with E-state index in [1.807, 2.05) is 0 Å². The minimum absolute atomic E-state index is 0.0159. The van der Waals surface area contributed by atoms with Crippen molar-refractivity contribution in [1.29, 1.82) is 0 Å². The Bertz CT molecular complexity index is 666. The predicted molar refractivity (Wildman–Crippen MR) is 137 cm³/mol. The number of hydrogen-bond donors (Lipinski definition) is 0. The summed E-state index contributed by atoms with van der Waals surface area (Å²) in [5.74, 6) is 3.21. The van der Waals surface area contributed by atoms with E-state index >= 15 is 0 Å². The van der Waals surface area contributed by atoms with Crippen LogP contribution in [0.3, 0.4) is 0 Å². The van der Waals surface area contributed by atoms with E-state index in [1.54, 1.807) is 0 Å². The van der Waals surface area contributed by atoms with Gasteiger partial charge in [-0.1, -0.05) is 73.8 Å². The van der Waals surface area contributed by atoms with Crippen LogP contribution >= 0.6 is 0 Å². The van der Waals surface area contributed by atoms with Crippen molar-refractivity contribution in [1.82, 2.24) is 0 Å². The van der Waals surface area contributed by atoms with Crippen LogP contribution in [0, 0.1) is 40.9 Å². The van der Waals surface area contributed by atoms with Crippen molar-refractivity contribution in [2.24, 2.45) is 40.9 Å². The maximum absolute atomic E-state index is 14.4. The van der Waals surface area contributed by atoms with E-state index in [2.05, 4.69) is 55.4 Å². The van der Waals surface area contributed by atoms with Gasteiger partial charge in [-0.25, -0.2) is 0 Å². The Balaban J connectivity index is 2.48. The van der Waals surface area contributed by atoms with Crippen molar-refractivity contribution >= 4 is 11.6 Å². The van der Waals surface area contributed by atoms with Crippen LogP contribution in [-0.2, 0) is 9.59 Å². The van der Waals surface area contributed by atoms with Gasteiger partial charge in [-0.3, -0.25) is 9.59 Å². The van der Waals surface area contributed by atoms with Gasteiger partial charge in [-0.15, -0.1) is 0 Å². The lowest BCUT2D eigenvalue weighted by molar-refractivity contribution is -0.151. The zero-order valence-electron chi connectivity index (χ0n) is 22.6. The smallest absolute Gasteiger partial charge is 0.172 e. The van der Waals surface area contributed by atoms with Crippen molar-refractivity contribution < 1.29 is 9.59 Å². The molecule has 0 aliphatic heterocycles. The van der Waals surface area contributed by atoms with Gasteiger partial charge in [-0.2, -0.15) is 0 Å². The second-order valence-corrected chi connectivity index (χ2v) is 12.6. The van der Waals surface area contributed by atoms with Gasteiger partial charge in [0.05, 0.1) is 5.41 Å². The Morgan fingerprint density at radius 2 is 1.31 bits per heavy atom. The minimum atomic E-state index is -0.724. The monoisotopic (exact) mass is 444 g/mol. The molecule has 3 atom stereocenters. The fourth-order valence-corrected chi connectivity index (χ4v) is 6.11. The lowest BCUT2D eigenvalue weighted by Crippen LogP contribution is -2.56. The number of hydrogen-bond acceptors (Lipinski definition) is 2. The summed E-state index contributed by atoms with van der Waals surface area (Å²) in [6.45, 7) is 18.0. The highest BCUT2D eigenvalue weighted by Crippen LogP contribution is 2.55. The number of Topliss-reactive ketones (excluding diaryl/α,β-unsaturated/α-hetero) is 2. The molecule has 2 heteroatoms. The zero-order chi connectivity index (χ0) is 24.1. The molecule has 0 aromatic rings. The van der Waals surface area contributed by atoms with Crippen molar-refractivity contribution in [3.05, 3.63) is 11.1 Å². The maximum atomic E-state index is 14.4. The van der Waals surface area contributed by atoms with E-state index in [1.165, 1.54) is 12.0 Å². The van der Waals surface area contributed by atoms with Crippen molar-refractivity contribution in [2.75, 3.05) is 0 Å². The molecule has 0 spiro atoms. The Hall–Kier alpha value is -0.920. The second kappa shape index (κ2) is 12.0. The molecule has 1 fully saturated rings. The van der Waals surface area contributed by atoms with Crippen molar-refractivity contribution in [2.45, 2.75) is 126 Å². The maximum Gasteiger partial charge on any atom is 0.172 e. The van der Waals surface area contributed by atoms with Crippen molar-refractivity contribution in [3.63, 3.8) is 0 Å². The van der Waals surface area contributed by atoms with E-state index in [-0.39, 0.29) is 17.6 Å². The fourth-order valence-electron chi connectivity index (χ4n) is 6.11. The highest BCUT2D eigenvalue weighted by atomic mass is 16.2. The summed E-state index contributed by atoms with van der Waals surface area (Å²) in [7, 11) is 0. The number of ketones is 2. The standard InChI is InChI=1S/C30H52O2/c1-20(2)10-9-11-24-14-17-27-25(15-12-21(3)4)26(16-13-22(5)6)28(31)30(24,29(27)32)19-18-23(7)8/h20-24,27H,9-19H2,1-8H3. The van der Waals surface area contributed by atoms with Gasteiger partial charge in [0.25, 0.3) is 0 Å². The molecule has 0 amide bonds. The molecule has 2 nitrogen and oxygen atoms in total. The molecular formula is C30H52O2. The van der Waals surface area contributed by atoms with Crippen LogP contribution in [0.15, 0.2) is 11.1 Å². The molecule has 0 aromatic carbocycles. The quantitative estimate of drug-likeness (QED) is 0.266. The van der Waals surface area contributed by atoms with Gasteiger partial charge in [0, 0.05) is 5.92 Å². The number of fused-ring (bicyclic) bond motifs is 2. The van der Waals surface area contributed by atoms with Crippen LogP contribution in [0.25, 0.3) is 0 Å². The SMILES string of the molecule is CC(C)CCCC1CCC2C(=O)C1(CCC(C)C)C(=O)C(CCC(C)C)=C2CCC(C)C. The summed E-state index contributed by atoms with van der Waals surface area (Å²) in [4.78, 5) is 28.5. The molecule has 184 valence electrons. The Morgan fingerprint density at radius 1 is 0.750 bits per heavy atom. The lowest BCUT2D eigenvalue weighted by atomic mass is 9.50. The molecule has 3 unspecified atom stereocenters. The van der Waals surface area contributed by atoms with E-state index in [0.29, 0.717) is 29.5 Å². The summed E-state index contributed by atoms with van der Waals surface area (Å²) in [6.07, 6.45) is 11.1. The molecule has 0 heterocycles. The number of carbonyl (C=O) groups is 2. The van der Waals surface area contributed by atoms with E-state index < -0.39 is 5.41 Å². The van der Waals surface area contributed by atoms with Gasteiger partial charge in [-0.05, 0) is 93.0 Å². The molecule has 1 saturated carbocycles. The molecule has 0 saturated heterocycles. The summed E-state index contributed by atoms with van der Waals surface area (Å²) >= 11 is 0. The van der Waals surface area contributed by atoms with Gasteiger partial charge in [0.15, 0.2) is 11.6 Å². The molecule has 2 aliphatic carbocycles. The van der Waals surface area contributed by atoms with E-state index in [9.17, 15) is 9.59 Å². The van der Waals surface area contributed by atoms with Gasteiger partial charge in [0.2, 0.25) is 0 Å². The van der Waals surface area contributed by atoms with Crippen LogP contribution in [0.5, 0.6) is 0 Å². The number of rotatable bonds is 13. The molecule has 2 rings (SSSR count). The average molecular weight is 445 g/mol. The van der Waals surface area contributed by atoms with Crippen LogP contribution in [0.4, 0.5) is 0 Å². The largest absolute Gasteiger partial charge is 0.298 e. The normalized spacial score (nSPS) is 26.4. The Labute approximate surface area is 199 Å². The summed E-state index contributed by atoms with van der Waals surface area (Å²) < 4.78 is 0.